The Kier molecular flexibility index (Phi) is 3.42. The molecule has 1 aromatic heterocycles. The Morgan fingerprint density at radius 3 is 3.16 bits per heavy atom. The van der Waals surface area contributed by atoms with Crippen LogP contribution in [0.1, 0.15) is 0 Å². The third-order valence-corrected chi connectivity index (χ3v) is 3.93. The van der Waals surface area contributed by atoms with Gasteiger partial charge < -0.3 is 15.4 Å². The van der Waals surface area contributed by atoms with Crippen molar-refractivity contribution in [3.63, 3.8) is 0 Å². The molecule has 2 N–H and O–H groups in total. The number of pyridine rings is 1. The van der Waals surface area contributed by atoms with E-state index in [1.54, 1.807) is 6.07 Å². The molecule has 6 nitrogen and oxygen atoms in total. The number of piperazine rings is 1. The molecule has 102 valence electrons. The van der Waals surface area contributed by atoms with E-state index >= 15 is 0 Å². The van der Waals surface area contributed by atoms with Crippen LogP contribution in [0.2, 0.25) is 0 Å². The van der Waals surface area contributed by atoms with Crippen LogP contribution in [0.15, 0.2) is 16.7 Å². The quantitative estimate of drug-likeness (QED) is 0.733. The maximum atomic E-state index is 12.2. The number of hydrogen-bond donors (Lipinski definition) is 2. The van der Waals surface area contributed by atoms with Crippen molar-refractivity contribution in [1.82, 2.24) is 15.2 Å². The van der Waals surface area contributed by atoms with E-state index in [1.807, 2.05) is 13.1 Å². The van der Waals surface area contributed by atoms with Crippen molar-refractivity contribution in [3.8, 4) is 5.75 Å². The van der Waals surface area contributed by atoms with Gasteiger partial charge in [-0.3, -0.25) is 9.69 Å². The van der Waals surface area contributed by atoms with Crippen molar-refractivity contribution in [1.29, 1.82) is 0 Å². The summed E-state index contributed by atoms with van der Waals surface area (Å²) in [5, 5.41) is 6.10. The number of ether oxygens (including phenoxy) is 1. The maximum absolute atomic E-state index is 12.2. The minimum Gasteiger partial charge on any atom is -0.475 e. The van der Waals surface area contributed by atoms with Crippen LogP contribution in [-0.2, 0) is 4.79 Å². The minimum atomic E-state index is -0.506. The highest BCUT2D eigenvalue weighted by Crippen LogP contribution is 2.30. The Morgan fingerprint density at radius 2 is 2.37 bits per heavy atom. The number of nitrogens with one attached hydrogen (secondary N) is 2. The number of rotatable bonds is 1. The Balaban J connectivity index is 1.85. The predicted molar refractivity (Wildman–Crippen MR) is 74.3 cm³/mol. The van der Waals surface area contributed by atoms with Gasteiger partial charge >= 0.3 is 0 Å². The van der Waals surface area contributed by atoms with Crippen LogP contribution in [0.25, 0.3) is 0 Å². The molecule has 0 aliphatic carbocycles. The summed E-state index contributed by atoms with van der Waals surface area (Å²) in [6, 6.07) is 3.65. The van der Waals surface area contributed by atoms with Crippen molar-refractivity contribution < 1.29 is 9.53 Å². The molecular weight excluding hydrogens is 312 g/mol. The van der Waals surface area contributed by atoms with Crippen LogP contribution >= 0.6 is 15.9 Å². The minimum absolute atomic E-state index is 0.0329. The number of nitrogens with zero attached hydrogens (tertiary/aromatic N) is 2. The average Bonchev–Trinajstić information content (AvgIpc) is 2.39. The molecule has 2 aliphatic heterocycles. The number of aromatic nitrogens is 1. The molecule has 2 unspecified atom stereocenters. The molecule has 0 aromatic carbocycles. The number of halogens is 1. The van der Waals surface area contributed by atoms with Gasteiger partial charge in [-0.2, -0.15) is 0 Å². The highest BCUT2D eigenvalue weighted by Gasteiger charge is 2.38. The van der Waals surface area contributed by atoms with Gasteiger partial charge in [0.15, 0.2) is 17.7 Å². The number of anilines is 1. The molecule has 2 atom stereocenters. The van der Waals surface area contributed by atoms with Gasteiger partial charge in [-0.1, -0.05) is 0 Å². The molecule has 2 aliphatic rings. The monoisotopic (exact) mass is 326 g/mol. The largest absolute Gasteiger partial charge is 0.475 e. The molecule has 3 heterocycles. The van der Waals surface area contributed by atoms with Gasteiger partial charge in [0, 0.05) is 19.6 Å². The molecule has 1 amide bonds. The first kappa shape index (κ1) is 12.8. The molecule has 0 saturated carbocycles. The maximum Gasteiger partial charge on any atom is 0.268 e. The number of amides is 1. The topological polar surface area (TPSA) is 66.5 Å². The van der Waals surface area contributed by atoms with E-state index in [2.05, 4.69) is 36.4 Å². The van der Waals surface area contributed by atoms with Crippen molar-refractivity contribution in [2.75, 3.05) is 32.0 Å². The van der Waals surface area contributed by atoms with Crippen molar-refractivity contribution >= 4 is 27.7 Å². The zero-order chi connectivity index (χ0) is 13.4. The molecule has 0 radical (unpaired) electrons. The van der Waals surface area contributed by atoms with Gasteiger partial charge in [0.25, 0.3) is 5.91 Å². The summed E-state index contributed by atoms with van der Waals surface area (Å²) in [6.45, 7) is 2.59. The second-order valence-electron chi connectivity index (χ2n) is 4.76. The van der Waals surface area contributed by atoms with Crippen LogP contribution in [0, 0.1) is 0 Å². The summed E-state index contributed by atoms with van der Waals surface area (Å²) >= 11 is 3.28. The van der Waals surface area contributed by atoms with Crippen LogP contribution in [0.4, 0.5) is 5.82 Å². The average molecular weight is 327 g/mol. The highest BCUT2D eigenvalue weighted by atomic mass is 79.9. The van der Waals surface area contributed by atoms with Crippen LogP contribution in [-0.4, -0.2) is 54.6 Å². The zero-order valence-corrected chi connectivity index (χ0v) is 12.1. The number of carbonyl (C=O) groups is 1. The van der Waals surface area contributed by atoms with Crippen LogP contribution in [0.3, 0.4) is 0 Å². The summed E-state index contributed by atoms with van der Waals surface area (Å²) < 4.78 is 6.50. The second kappa shape index (κ2) is 5.07. The summed E-state index contributed by atoms with van der Waals surface area (Å²) in [5.41, 5.74) is 0. The Labute approximate surface area is 119 Å². The molecule has 19 heavy (non-hydrogen) atoms. The van der Waals surface area contributed by atoms with Gasteiger partial charge in [0.05, 0.1) is 6.04 Å². The number of fused-ring (bicyclic) bond motifs is 1. The first-order chi connectivity index (χ1) is 9.15. The molecule has 3 rings (SSSR count). The fourth-order valence-corrected chi connectivity index (χ4v) is 2.71. The molecular formula is C12H15BrN4O2. The van der Waals surface area contributed by atoms with Crippen molar-refractivity contribution in [3.05, 3.63) is 16.7 Å². The zero-order valence-electron chi connectivity index (χ0n) is 10.5. The lowest BCUT2D eigenvalue weighted by molar-refractivity contribution is -0.126. The highest BCUT2D eigenvalue weighted by molar-refractivity contribution is 9.10. The summed E-state index contributed by atoms with van der Waals surface area (Å²) in [6.07, 6.45) is -0.506. The van der Waals surface area contributed by atoms with Gasteiger partial charge in [-0.25, -0.2) is 4.98 Å². The molecule has 7 heteroatoms. The van der Waals surface area contributed by atoms with E-state index in [4.69, 9.17) is 4.74 Å². The van der Waals surface area contributed by atoms with E-state index in [0.29, 0.717) is 16.2 Å². The van der Waals surface area contributed by atoms with E-state index in [0.717, 1.165) is 19.6 Å². The lowest BCUT2D eigenvalue weighted by Crippen LogP contribution is -2.60. The summed E-state index contributed by atoms with van der Waals surface area (Å²) in [7, 11) is 2.01. The van der Waals surface area contributed by atoms with Gasteiger partial charge in [-0.05, 0) is 35.1 Å². The van der Waals surface area contributed by atoms with Crippen LogP contribution < -0.4 is 15.4 Å². The molecule has 0 bridgehead atoms. The first-order valence-corrected chi connectivity index (χ1v) is 6.99. The predicted octanol–water partition coefficient (Wildman–Crippen LogP) is 0.447. The third kappa shape index (κ3) is 2.45. The standard InChI is InChI=1S/C12H15BrN4O2/c1-17-5-4-14-6-7(17)10-12(18)16-11-8(19-10)2-3-9(13)15-11/h2-3,7,10,14H,4-6H2,1H3,(H,15,16,18). The smallest absolute Gasteiger partial charge is 0.268 e. The Morgan fingerprint density at radius 1 is 1.53 bits per heavy atom. The van der Waals surface area contributed by atoms with E-state index in [9.17, 15) is 4.79 Å². The normalized spacial score (nSPS) is 27.4. The fraction of sp³-hybridized carbons (Fsp3) is 0.500. The lowest BCUT2D eigenvalue weighted by atomic mass is 10.1. The third-order valence-electron chi connectivity index (χ3n) is 3.49. The molecule has 1 fully saturated rings. The first-order valence-electron chi connectivity index (χ1n) is 6.20. The molecule has 0 spiro atoms. The van der Waals surface area contributed by atoms with Gasteiger partial charge in [-0.15, -0.1) is 0 Å². The summed E-state index contributed by atoms with van der Waals surface area (Å²) in [4.78, 5) is 18.5. The second-order valence-corrected chi connectivity index (χ2v) is 5.57. The van der Waals surface area contributed by atoms with E-state index in [-0.39, 0.29) is 11.9 Å². The Bertz CT molecular complexity index is 511. The van der Waals surface area contributed by atoms with E-state index < -0.39 is 6.10 Å². The molecule has 1 saturated heterocycles. The lowest BCUT2D eigenvalue weighted by Gasteiger charge is -2.39. The van der Waals surface area contributed by atoms with Gasteiger partial charge in [0.2, 0.25) is 0 Å². The fourth-order valence-electron chi connectivity index (χ4n) is 2.40. The van der Waals surface area contributed by atoms with E-state index in [1.165, 1.54) is 0 Å². The van der Waals surface area contributed by atoms with Crippen molar-refractivity contribution in [2.24, 2.45) is 0 Å². The van der Waals surface area contributed by atoms with Crippen molar-refractivity contribution in [2.45, 2.75) is 12.1 Å². The number of likely N-dealkylation sites (N-methyl/N-ethyl adjacent to an activating group) is 1. The number of hydrogen-bond acceptors (Lipinski definition) is 5. The van der Waals surface area contributed by atoms with Gasteiger partial charge in [0.1, 0.15) is 4.60 Å². The SMILES string of the molecule is CN1CCNCC1C1Oc2ccc(Br)nc2NC1=O. The summed E-state index contributed by atoms with van der Waals surface area (Å²) in [5.74, 6) is 0.951. The molecule has 1 aromatic rings. The van der Waals surface area contributed by atoms with Crippen LogP contribution in [0.5, 0.6) is 5.75 Å². The Hall–Kier alpha value is -1.18. The number of carbonyl (C=O) groups excluding carboxylic acids is 1.